The van der Waals surface area contributed by atoms with E-state index in [0.29, 0.717) is 0 Å². The number of hydrogen-bond donors (Lipinski definition) is 2. The highest BCUT2D eigenvalue weighted by molar-refractivity contribution is 7.81. The first-order valence-corrected chi connectivity index (χ1v) is 7.07. The highest BCUT2D eigenvalue weighted by atomic mass is 32.1. The first-order valence-electron chi connectivity index (χ1n) is 6.56. The summed E-state index contributed by atoms with van der Waals surface area (Å²) < 4.78 is 5.42. The van der Waals surface area contributed by atoms with Crippen LogP contribution in [0.5, 0.6) is 5.75 Å². The van der Waals surface area contributed by atoms with Gasteiger partial charge in [-0.05, 0) is 44.4 Å². The Morgan fingerprint density at radius 3 is 2.53 bits per heavy atom. The van der Waals surface area contributed by atoms with Crippen molar-refractivity contribution in [2.24, 2.45) is 0 Å². The van der Waals surface area contributed by atoms with E-state index < -0.39 is 0 Å². The minimum absolute atomic E-state index is 0.0569. The van der Waals surface area contributed by atoms with Crippen LogP contribution in [0.1, 0.15) is 36.5 Å². The quantitative estimate of drug-likeness (QED) is 0.808. The molecule has 19 heavy (non-hydrogen) atoms. The lowest BCUT2D eigenvalue weighted by atomic mass is 10.0. The lowest BCUT2D eigenvalue weighted by Gasteiger charge is -2.17. The third-order valence-electron chi connectivity index (χ3n) is 3.36. The first kappa shape index (κ1) is 15.9. The van der Waals surface area contributed by atoms with E-state index in [4.69, 9.17) is 4.74 Å². The number of carbonyl (C=O) groups is 1. The van der Waals surface area contributed by atoms with E-state index in [1.165, 1.54) is 0 Å². The average Bonchev–Trinajstić information content (AvgIpc) is 2.37. The van der Waals surface area contributed by atoms with E-state index in [-0.39, 0.29) is 11.2 Å². The predicted octanol–water partition coefficient (Wildman–Crippen LogP) is 3.66. The molecular formula is C15H23NO2S. The minimum Gasteiger partial charge on any atom is -0.496 e. The maximum atomic E-state index is 12.0. The maximum absolute atomic E-state index is 12.0. The molecule has 0 radical (unpaired) electrons. The summed E-state index contributed by atoms with van der Waals surface area (Å²) in [6.07, 6.45) is 1.72. The maximum Gasteiger partial charge on any atom is 0.237 e. The zero-order valence-corrected chi connectivity index (χ0v) is 13.2. The van der Waals surface area contributed by atoms with Crippen molar-refractivity contribution in [1.82, 2.24) is 0 Å². The number of carbonyl (C=O) groups excluding carboxylic acids is 1. The lowest BCUT2D eigenvalue weighted by molar-refractivity contribution is -0.115. The Balaban J connectivity index is 3.02. The molecule has 0 aliphatic heterocycles. The van der Waals surface area contributed by atoms with Gasteiger partial charge in [-0.3, -0.25) is 4.79 Å². The third-order valence-corrected chi connectivity index (χ3v) is 3.86. The molecule has 1 N–H and O–H groups in total. The van der Waals surface area contributed by atoms with Crippen molar-refractivity contribution in [3.63, 3.8) is 0 Å². The Morgan fingerprint density at radius 1 is 1.37 bits per heavy atom. The molecule has 0 fully saturated rings. The number of methoxy groups -OCH3 is 1. The summed E-state index contributed by atoms with van der Waals surface area (Å²) in [7, 11) is 1.65. The first-order chi connectivity index (χ1) is 8.92. The number of hydrogen-bond acceptors (Lipinski definition) is 3. The molecule has 0 saturated carbocycles. The molecule has 1 aromatic rings. The van der Waals surface area contributed by atoms with E-state index in [9.17, 15) is 4.79 Å². The van der Waals surface area contributed by atoms with Gasteiger partial charge in [0.05, 0.1) is 12.4 Å². The van der Waals surface area contributed by atoms with Crippen molar-refractivity contribution in [1.29, 1.82) is 0 Å². The van der Waals surface area contributed by atoms with Gasteiger partial charge in [0.25, 0.3) is 0 Å². The molecule has 1 aromatic carbocycles. The number of nitrogens with one attached hydrogen (secondary N) is 1. The molecule has 0 aromatic heterocycles. The van der Waals surface area contributed by atoms with Crippen LogP contribution in [0.25, 0.3) is 0 Å². The third kappa shape index (κ3) is 3.66. The fraction of sp³-hybridized carbons (Fsp3) is 0.533. The molecule has 1 atom stereocenters. The smallest absolute Gasteiger partial charge is 0.237 e. The lowest BCUT2D eigenvalue weighted by Crippen LogP contribution is -2.23. The fourth-order valence-electron chi connectivity index (χ4n) is 2.07. The summed E-state index contributed by atoms with van der Waals surface area (Å²) in [4.78, 5) is 12.0. The van der Waals surface area contributed by atoms with Gasteiger partial charge < -0.3 is 10.1 Å². The van der Waals surface area contributed by atoms with Gasteiger partial charge in [0, 0.05) is 11.3 Å². The minimum atomic E-state index is -0.267. The number of benzene rings is 1. The van der Waals surface area contributed by atoms with Gasteiger partial charge in [0.1, 0.15) is 5.75 Å². The fourth-order valence-corrected chi connectivity index (χ4v) is 2.39. The highest BCUT2D eigenvalue weighted by Gasteiger charge is 2.16. The van der Waals surface area contributed by atoms with Crippen LogP contribution in [0.3, 0.4) is 0 Å². The van der Waals surface area contributed by atoms with Gasteiger partial charge in [-0.1, -0.05) is 13.3 Å². The zero-order valence-electron chi connectivity index (χ0n) is 12.3. The molecule has 0 spiro atoms. The summed E-state index contributed by atoms with van der Waals surface area (Å²) in [6.45, 7) is 8.03. The summed E-state index contributed by atoms with van der Waals surface area (Å²) in [5, 5.41) is 2.68. The summed E-state index contributed by atoms with van der Waals surface area (Å²) in [5.74, 6) is 0.778. The number of aryl methyl sites for hydroxylation is 1. The van der Waals surface area contributed by atoms with Gasteiger partial charge in [0.2, 0.25) is 5.91 Å². The summed E-state index contributed by atoms with van der Waals surface area (Å²) in [5.41, 5.74) is 3.97. The zero-order chi connectivity index (χ0) is 14.6. The van der Waals surface area contributed by atoms with Crippen LogP contribution in [0.4, 0.5) is 5.69 Å². The van der Waals surface area contributed by atoms with E-state index >= 15 is 0 Å². The molecule has 0 saturated heterocycles. The monoisotopic (exact) mass is 281 g/mol. The van der Waals surface area contributed by atoms with Gasteiger partial charge in [-0.15, -0.1) is 0 Å². The van der Waals surface area contributed by atoms with Crippen molar-refractivity contribution in [3.8, 4) is 5.75 Å². The molecule has 0 aliphatic rings. The topological polar surface area (TPSA) is 38.3 Å². The predicted molar refractivity (Wildman–Crippen MR) is 83.5 cm³/mol. The molecule has 4 heteroatoms. The van der Waals surface area contributed by atoms with Crippen LogP contribution in [0.15, 0.2) is 6.07 Å². The molecule has 106 valence electrons. The average molecular weight is 281 g/mol. The molecule has 3 nitrogen and oxygen atoms in total. The molecule has 0 aliphatic carbocycles. The second kappa shape index (κ2) is 6.85. The van der Waals surface area contributed by atoms with Crippen LogP contribution >= 0.6 is 12.6 Å². The van der Waals surface area contributed by atoms with Gasteiger partial charge in [0.15, 0.2) is 0 Å². The van der Waals surface area contributed by atoms with E-state index in [1.54, 1.807) is 7.11 Å². The van der Waals surface area contributed by atoms with Gasteiger partial charge >= 0.3 is 0 Å². The largest absolute Gasteiger partial charge is 0.496 e. The van der Waals surface area contributed by atoms with Crippen LogP contribution in [0.2, 0.25) is 0 Å². The summed E-state index contributed by atoms with van der Waals surface area (Å²) in [6, 6.07) is 1.98. The van der Waals surface area contributed by atoms with Gasteiger partial charge in [-0.25, -0.2) is 0 Å². The Morgan fingerprint density at radius 2 is 2.00 bits per heavy atom. The van der Waals surface area contributed by atoms with Crippen molar-refractivity contribution >= 4 is 24.2 Å². The summed E-state index contributed by atoms with van der Waals surface area (Å²) >= 11 is 4.32. The van der Waals surface area contributed by atoms with Gasteiger partial charge in [-0.2, -0.15) is 12.6 Å². The van der Waals surface area contributed by atoms with Crippen molar-refractivity contribution in [3.05, 3.63) is 22.8 Å². The Bertz CT molecular complexity index is 472. The molecule has 1 amide bonds. The Hall–Kier alpha value is -1.16. The van der Waals surface area contributed by atoms with Crippen molar-refractivity contribution in [2.75, 3.05) is 12.4 Å². The van der Waals surface area contributed by atoms with E-state index in [2.05, 4.69) is 17.9 Å². The molecule has 1 rings (SSSR count). The molecule has 0 bridgehead atoms. The van der Waals surface area contributed by atoms with Crippen LogP contribution in [0, 0.1) is 20.8 Å². The number of thiol groups is 1. The number of anilines is 1. The van der Waals surface area contributed by atoms with Crippen molar-refractivity contribution in [2.45, 2.75) is 45.8 Å². The molecule has 0 heterocycles. The number of rotatable bonds is 5. The normalized spacial score (nSPS) is 12.1. The van der Waals surface area contributed by atoms with Crippen molar-refractivity contribution < 1.29 is 9.53 Å². The SMILES string of the molecule is CCCC(S)C(=O)Nc1cc(C)c(C)c(OC)c1C. The highest BCUT2D eigenvalue weighted by Crippen LogP contribution is 2.32. The number of ether oxygens (including phenoxy) is 1. The molecular weight excluding hydrogens is 258 g/mol. The van der Waals surface area contributed by atoms with E-state index in [1.807, 2.05) is 33.8 Å². The van der Waals surface area contributed by atoms with Crippen LogP contribution in [-0.2, 0) is 4.79 Å². The van der Waals surface area contributed by atoms with Crippen LogP contribution in [-0.4, -0.2) is 18.3 Å². The standard InChI is InChI=1S/C15H23NO2S/c1-6-7-13(19)15(17)16-12-8-9(2)10(3)14(18-5)11(12)4/h8,13,19H,6-7H2,1-5H3,(H,16,17). The number of amides is 1. The second-order valence-corrected chi connectivity index (χ2v) is 5.44. The Kier molecular flexibility index (Phi) is 5.73. The second-order valence-electron chi connectivity index (χ2n) is 4.82. The van der Waals surface area contributed by atoms with E-state index in [0.717, 1.165) is 41.0 Å². The Labute approximate surface area is 121 Å². The molecule has 1 unspecified atom stereocenters. The van der Waals surface area contributed by atoms with Crippen LogP contribution < -0.4 is 10.1 Å².